The van der Waals surface area contributed by atoms with Crippen LogP contribution >= 0.6 is 0 Å². The van der Waals surface area contributed by atoms with E-state index in [1.54, 1.807) is 0 Å². The van der Waals surface area contributed by atoms with Crippen LogP contribution < -0.4 is 0 Å². The van der Waals surface area contributed by atoms with E-state index in [0.29, 0.717) is 6.42 Å². The quantitative estimate of drug-likeness (QED) is 0.318. The van der Waals surface area contributed by atoms with Crippen LogP contribution in [0.2, 0.25) is 0 Å². The lowest BCUT2D eigenvalue weighted by Gasteiger charge is -2.38. The molecule has 17 heavy (non-hydrogen) atoms. The molecule has 1 heterocycles. The molecule has 1 aliphatic heterocycles. The highest BCUT2D eigenvalue weighted by Crippen LogP contribution is 2.57. The number of ether oxygens (including phenoxy) is 2. The number of hydrogen-bond donors (Lipinski definition) is 0. The number of esters is 1. The fourth-order valence-corrected chi connectivity index (χ4v) is 2.78. The fourth-order valence-electron chi connectivity index (χ4n) is 2.78. The van der Waals surface area contributed by atoms with Gasteiger partial charge in [0.1, 0.15) is 5.60 Å². The fraction of sp³-hybridized carbons (Fsp3) is 0.643. The van der Waals surface area contributed by atoms with E-state index in [4.69, 9.17) is 15.9 Å². The van der Waals surface area contributed by atoms with Crippen molar-refractivity contribution in [3.05, 3.63) is 12.2 Å². The Labute approximate surface area is 102 Å². The van der Waals surface area contributed by atoms with Gasteiger partial charge >= 0.3 is 5.97 Å². The number of hydrogen-bond acceptors (Lipinski definition) is 3. The minimum atomic E-state index is -0.939. The zero-order valence-electron chi connectivity index (χ0n) is 10.6. The summed E-state index contributed by atoms with van der Waals surface area (Å²) in [4.78, 5) is 11.3. The second-order valence-corrected chi connectivity index (χ2v) is 5.26. The zero-order valence-corrected chi connectivity index (χ0v) is 10.6. The third kappa shape index (κ3) is 1.68. The molecule has 4 atom stereocenters. The molecule has 0 aromatic rings. The first-order chi connectivity index (χ1) is 7.84. The lowest BCUT2D eigenvalue weighted by molar-refractivity contribution is -0.159. The van der Waals surface area contributed by atoms with Gasteiger partial charge in [-0.15, -0.1) is 6.42 Å². The maximum Gasteiger partial charge on any atom is 0.304 e. The van der Waals surface area contributed by atoms with Crippen LogP contribution in [0, 0.1) is 18.3 Å². The van der Waals surface area contributed by atoms with Gasteiger partial charge in [-0.3, -0.25) is 4.79 Å². The van der Waals surface area contributed by atoms with Crippen molar-refractivity contribution < 1.29 is 14.3 Å². The Morgan fingerprint density at radius 3 is 2.71 bits per heavy atom. The van der Waals surface area contributed by atoms with Crippen LogP contribution in [-0.4, -0.2) is 23.3 Å². The van der Waals surface area contributed by atoms with Crippen LogP contribution in [0.3, 0.4) is 0 Å². The molecule has 0 amide bonds. The van der Waals surface area contributed by atoms with Gasteiger partial charge in [0.2, 0.25) is 5.60 Å². The first-order valence-corrected chi connectivity index (χ1v) is 5.85. The Morgan fingerprint density at radius 2 is 2.24 bits per heavy atom. The highest BCUT2D eigenvalue weighted by Gasteiger charge is 2.71. The zero-order chi connectivity index (χ0) is 12.8. The molecule has 0 bridgehead atoms. The van der Waals surface area contributed by atoms with Crippen molar-refractivity contribution in [2.75, 3.05) is 0 Å². The van der Waals surface area contributed by atoms with E-state index in [1.165, 1.54) is 6.92 Å². The van der Waals surface area contributed by atoms with Gasteiger partial charge in [0, 0.05) is 13.3 Å². The third-order valence-electron chi connectivity index (χ3n) is 4.03. The van der Waals surface area contributed by atoms with Gasteiger partial charge in [0.05, 0.1) is 6.10 Å². The van der Waals surface area contributed by atoms with Gasteiger partial charge in [-0.05, 0) is 26.2 Å². The molecule has 0 radical (unpaired) electrons. The Morgan fingerprint density at radius 1 is 1.59 bits per heavy atom. The standard InChI is InChI=1S/C14H18O3/c1-6-14(16-10(4)15)8-11(9(2)3)7-12-13(14,5)17-12/h1,11-12H,2,7-8H2,3-5H3/t11-,12-,13-,14-/m1/s1. The van der Waals surface area contributed by atoms with Gasteiger partial charge < -0.3 is 9.47 Å². The van der Waals surface area contributed by atoms with Crippen LogP contribution in [-0.2, 0) is 14.3 Å². The lowest BCUT2D eigenvalue weighted by atomic mass is 9.70. The summed E-state index contributed by atoms with van der Waals surface area (Å²) >= 11 is 0. The summed E-state index contributed by atoms with van der Waals surface area (Å²) < 4.78 is 11.1. The summed E-state index contributed by atoms with van der Waals surface area (Å²) in [6.07, 6.45) is 7.21. The van der Waals surface area contributed by atoms with Crippen molar-refractivity contribution in [3.8, 4) is 12.3 Å². The van der Waals surface area contributed by atoms with Gasteiger partial charge in [0.25, 0.3) is 0 Å². The van der Waals surface area contributed by atoms with Crippen molar-refractivity contribution in [1.29, 1.82) is 0 Å². The number of terminal acetylenes is 1. The average Bonchev–Trinajstić information content (AvgIpc) is 2.89. The average molecular weight is 234 g/mol. The molecular formula is C14H18O3. The molecular weight excluding hydrogens is 216 g/mol. The van der Waals surface area contributed by atoms with E-state index < -0.39 is 11.2 Å². The van der Waals surface area contributed by atoms with Crippen molar-refractivity contribution in [3.63, 3.8) is 0 Å². The van der Waals surface area contributed by atoms with Crippen molar-refractivity contribution in [2.24, 2.45) is 5.92 Å². The van der Waals surface area contributed by atoms with E-state index in [0.717, 1.165) is 12.0 Å². The van der Waals surface area contributed by atoms with E-state index in [-0.39, 0.29) is 18.0 Å². The molecule has 0 unspecified atom stereocenters. The highest BCUT2D eigenvalue weighted by atomic mass is 16.7. The second-order valence-electron chi connectivity index (χ2n) is 5.26. The molecule has 0 spiro atoms. The van der Waals surface area contributed by atoms with E-state index >= 15 is 0 Å². The van der Waals surface area contributed by atoms with Gasteiger partial charge in [-0.1, -0.05) is 18.1 Å². The van der Waals surface area contributed by atoms with Crippen LogP contribution in [0.4, 0.5) is 0 Å². The Kier molecular flexibility index (Phi) is 2.59. The van der Waals surface area contributed by atoms with Crippen LogP contribution in [0.15, 0.2) is 12.2 Å². The number of carbonyl (C=O) groups excluding carboxylic acids is 1. The summed E-state index contributed by atoms with van der Waals surface area (Å²) in [6, 6.07) is 0. The topological polar surface area (TPSA) is 38.8 Å². The molecule has 2 rings (SSSR count). The van der Waals surface area contributed by atoms with Crippen LogP contribution in [0.25, 0.3) is 0 Å². The molecule has 1 saturated carbocycles. The smallest absolute Gasteiger partial charge is 0.304 e. The Balaban J connectivity index is 2.32. The molecule has 0 aromatic carbocycles. The van der Waals surface area contributed by atoms with Crippen molar-refractivity contribution in [2.45, 2.75) is 50.9 Å². The Hall–Kier alpha value is -1.27. The first-order valence-electron chi connectivity index (χ1n) is 5.85. The molecule has 0 aromatic heterocycles. The minimum absolute atomic E-state index is 0.0772. The number of carbonyl (C=O) groups is 1. The second kappa shape index (κ2) is 3.61. The lowest BCUT2D eigenvalue weighted by Crippen LogP contribution is -2.51. The van der Waals surface area contributed by atoms with Crippen molar-refractivity contribution in [1.82, 2.24) is 0 Å². The molecule has 2 aliphatic rings. The number of epoxide rings is 1. The summed E-state index contributed by atoms with van der Waals surface area (Å²) in [7, 11) is 0. The third-order valence-corrected chi connectivity index (χ3v) is 4.03. The first kappa shape index (κ1) is 12.2. The molecule has 1 aliphatic carbocycles. The van der Waals surface area contributed by atoms with Gasteiger partial charge in [-0.2, -0.15) is 0 Å². The van der Waals surface area contributed by atoms with Crippen LogP contribution in [0.1, 0.15) is 33.6 Å². The predicted octanol–water partition coefficient (Wildman–Crippen LogP) is 2.07. The van der Waals surface area contributed by atoms with E-state index in [2.05, 4.69) is 12.5 Å². The monoisotopic (exact) mass is 234 g/mol. The molecule has 1 saturated heterocycles. The SMILES string of the molecule is C#C[C@@]1(OC(C)=O)C[C@H](C(=C)C)C[C@H]2O[C@]21C. The Bertz CT molecular complexity index is 420. The highest BCUT2D eigenvalue weighted by molar-refractivity contribution is 5.67. The summed E-state index contributed by atoms with van der Waals surface area (Å²) in [5.74, 6) is 2.55. The predicted molar refractivity (Wildman–Crippen MR) is 64.1 cm³/mol. The van der Waals surface area contributed by atoms with Crippen LogP contribution in [0.5, 0.6) is 0 Å². The van der Waals surface area contributed by atoms with E-state index in [1.807, 2.05) is 13.8 Å². The molecule has 2 fully saturated rings. The van der Waals surface area contributed by atoms with Gasteiger partial charge in [0.15, 0.2) is 0 Å². The minimum Gasteiger partial charge on any atom is -0.443 e. The summed E-state index contributed by atoms with van der Waals surface area (Å²) in [5, 5.41) is 0. The number of rotatable bonds is 2. The molecule has 3 heteroatoms. The largest absolute Gasteiger partial charge is 0.443 e. The summed E-state index contributed by atoms with van der Waals surface area (Å²) in [5.41, 5.74) is -0.389. The molecule has 3 nitrogen and oxygen atoms in total. The maximum absolute atomic E-state index is 11.3. The van der Waals surface area contributed by atoms with Gasteiger partial charge in [-0.25, -0.2) is 0 Å². The van der Waals surface area contributed by atoms with E-state index in [9.17, 15) is 4.79 Å². The normalized spacial score (nSPS) is 43.2. The number of allylic oxidation sites excluding steroid dienone is 1. The molecule has 0 N–H and O–H groups in total. The molecule has 92 valence electrons. The number of fused-ring (bicyclic) bond motifs is 1. The summed E-state index contributed by atoms with van der Waals surface area (Å²) in [6.45, 7) is 9.25. The maximum atomic E-state index is 11.3. The van der Waals surface area contributed by atoms with Crippen molar-refractivity contribution >= 4 is 5.97 Å².